The Kier molecular flexibility index (Phi) is 4.75. The monoisotopic (exact) mass is 298 g/mol. The first-order chi connectivity index (χ1) is 10.1. The lowest BCUT2D eigenvalue weighted by Gasteiger charge is -2.20. The molecule has 1 N–H and O–H groups in total. The van der Waals surface area contributed by atoms with Crippen LogP contribution in [0.5, 0.6) is 0 Å². The molecular formula is C16H14N2O2S. The van der Waals surface area contributed by atoms with Crippen LogP contribution in [0.3, 0.4) is 0 Å². The highest BCUT2D eigenvalue weighted by molar-refractivity contribution is 7.10. The van der Waals surface area contributed by atoms with Crippen LogP contribution in [0, 0.1) is 11.3 Å². The van der Waals surface area contributed by atoms with Gasteiger partial charge in [-0.25, -0.2) is 4.79 Å². The second-order valence-electron chi connectivity index (χ2n) is 4.46. The standard InChI is InChI=1S/C16H14N2O2S/c1-18(14-5-3-2-4-13(14)10-17)11-15-12(8-9-21-15)6-7-16(19)20/h2-9H,11H2,1H3,(H,19,20)/b7-6+. The first-order valence-electron chi connectivity index (χ1n) is 6.29. The number of rotatable bonds is 5. The minimum absolute atomic E-state index is 0.621. The quantitative estimate of drug-likeness (QED) is 0.860. The summed E-state index contributed by atoms with van der Waals surface area (Å²) < 4.78 is 0. The summed E-state index contributed by atoms with van der Waals surface area (Å²) in [7, 11) is 1.92. The number of hydrogen-bond donors (Lipinski definition) is 1. The highest BCUT2D eigenvalue weighted by Gasteiger charge is 2.10. The summed E-state index contributed by atoms with van der Waals surface area (Å²) >= 11 is 1.57. The van der Waals surface area contributed by atoms with Gasteiger partial charge >= 0.3 is 5.97 Å². The van der Waals surface area contributed by atoms with Crippen molar-refractivity contribution in [3.05, 3.63) is 57.8 Å². The summed E-state index contributed by atoms with van der Waals surface area (Å²) in [5, 5.41) is 19.8. The first-order valence-corrected chi connectivity index (χ1v) is 7.17. The van der Waals surface area contributed by atoms with Gasteiger partial charge in [-0.05, 0) is 35.2 Å². The number of benzene rings is 1. The lowest BCUT2D eigenvalue weighted by molar-refractivity contribution is -0.131. The van der Waals surface area contributed by atoms with E-state index in [0.29, 0.717) is 12.1 Å². The van der Waals surface area contributed by atoms with Gasteiger partial charge in [-0.15, -0.1) is 11.3 Å². The molecule has 0 aliphatic carbocycles. The topological polar surface area (TPSA) is 64.3 Å². The molecule has 0 aliphatic rings. The molecule has 0 amide bonds. The molecule has 4 nitrogen and oxygen atoms in total. The van der Waals surface area contributed by atoms with Gasteiger partial charge in [0.05, 0.1) is 17.8 Å². The van der Waals surface area contributed by atoms with Gasteiger partial charge in [-0.3, -0.25) is 0 Å². The molecule has 0 atom stereocenters. The van der Waals surface area contributed by atoms with E-state index in [9.17, 15) is 4.79 Å². The second-order valence-corrected chi connectivity index (χ2v) is 5.46. The van der Waals surface area contributed by atoms with Gasteiger partial charge in [0.25, 0.3) is 0 Å². The number of nitriles is 1. The van der Waals surface area contributed by atoms with Gasteiger partial charge in [-0.1, -0.05) is 12.1 Å². The highest BCUT2D eigenvalue weighted by Crippen LogP contribution is 2.25. The third-order valence-corrected chi connectivity index (χ3v) is 3.92. The third kappa shape index (κ3) is 3.71. The second kappa shape index (κ2) is 6.73. The zero-order valence-corrected chi connectivity index (χ0v) is 12.3. The molecule has 5 heteroatoms. The molecule has 21 heavy (non-hydrogen) atoms. The summed E-state index contributed by atoms with van der Waals surface area (Å²) in [4.78, 5) is 13.6. The van der Waals surface area contributed by atoms with Crippen LogP contribution in [0.15, 0.2) is 41.8 Å². The smallest absolute Gasteiger partial charge is 0.328 e. The third-order valence-electron chi connectivity index (χ3n) is 3.00. The number of thiophene rings is 1. The molecule has 0 radical (unpaired) electrons. The van der Waals surface area contributed by atoms with E-state index < -0.39 is 5.97 Å². The molecule has 1 aromatic heterocycles. The van der Waals surface area contributed by atoms with E-state index in [-0.39, 0.29) is 0 Å². The van der Waals surface area contributed by atoms with E-state index in [4.69, 9.17) is 10.4 Å². The number of nitrogens with zero attached hydrogens (tertiary/aromatic N) is 2. The molecule has 0 fully saturated rings. The van der Waals surface area contributed by atoms with Crippen LogP contribution in [0.2, 0.25) is 0 Å². The van der Waals surface area contributed by atoms with Crippen LogP contribution in [0.25, 0.3) is 6.08 Å². The van der Waals surface area contributed by atoms with Crippen LogP contribution in [-0.2, 0) is 11.3 Å². The predicted molar refractivity (Wildman–Crippen MR) is 84.3 cm³/mol. The van der Waals surface area contributed by atoms with E-state index in [1.54, 1.807) is 23.5 Å². The predicted octanol–water partition coefficient (Wildman–Crippen LogP) is 3.35. The van der Waals surface area contributed by atoms with E-state index >= 15 is 0 Å². The van der Waals surface area contributed by atoms with Crippen LogP contribution < -0.4 is 4.90 Å². The minimum Gasteiger partial charge on any atom is -0.478 e. The van der Waals surface area contributed by atoms with E-state index in [2.05, 4.69) is 6.07 Å². The number of para-hydroxylation sites is 1. The Morgan fingerprint density at radius 1 is 1.43 bits per heavy atom. The zero-order chi connectivity index (χ0) is 15.2. The fourth-order valence-electron chi connectivity index (χ4n) is 1.99. The maximum atomic E-state index is 10.6. The van der Waals surface area contributed by atoms with Crippen LogP contribution in [0.1, 0.15) is 16.0 Å². The molecule has 1 heterocycles. The van der Waals surface area contributed by atoms with Crippen LogP contribution in [-0.4, -0.2) is 18.1 Å². The average Bonchev–Trinajstić information content (AvgIpc) is 2.92. The van der Waals surface area contributed by atoms with E-state index in [0.717, 1.165) is 22.2 Å². The Balaban J connectivity index is 2.21. The summed E-state index contributed by atoms with van der Waals surface area (Å²) in [6.07, 6.45) is 2.73. The number of anilines is 1. The fourth-order valence-corrected chi connectivity index (χ4v) is 2.91. The lowest BCUT2D eigenvalue weighted by atomic mass is 10.1. The molecule has 0 unspecified atom stereocenters. The molecule has 0 saturated carbocycles. The van der Waals surface area contributed by atoms with Gasteiger partial charge < -0.3 is 10.0 Å². The molecule has 2 aromatic rings. The molecule has 0 spiro atoms. The van der Waals surface area contributed by atoms with Crippen molar-refractivity contribution in [3.8, 4) is 6.07 Å². The largest absolute Gasteiger partial charge is 0.478 e. The Labute approximate surface area is 127 Å². The average molecular weight is 298 g/mol. The Bertz CT molecular complexity index is 713. The molecule has 2 rings (SSSR count). The number of hydrogen-bond acceptors (Lipinski definition) is 4. The van der Waals surface area contributed by atoms with Gasteiger partial charge in [0, 0.05) is 18.0 Å². The summed E-state index contributed by atoms with van der Waals surface area (Å²) in [6.45, 7) is 0.621. The Morgan fingerprint density at radius 2 is 2.19 bits per heavy atom. The van der Waals surface area contributed by atoms with E-state index in [1.807, 2.05) is 41.6 Å². The molecular weight excluding hydrogens is 284 g/mol. The molecule has 0 bridgehead atoms. The molecule has 0 aliphatic heterocycles. The van der Waals surface area contributed by atoms with Gasteiger partial charge in [-0.2, -0.15) is 5.26 Å². The summed E-state index contributed by atoms with van der Waals surface area (Å²) in [6, 6.07) is 11.5. The van der Waals surface area contributed by atoms with Crippen molar-refractivity contribution in [2.75, 3.05) is 11.9 Å². The number of carboxylic acid groups (broad SMARTS) is 1. The van der Waals surface area contributed by atoms with Crippen molar-refractivity contribution < 1.29 is 9.90 Å². The fraction of sp³-hybridized carbons (Fsp3) is 0.125. The van der Waals surface area contributed by atoms with Crippen molar-refractivity contribution in [1.29, 1.82) is 5.26 Å². The Hall–Kier alpha value is -2.58. The number of aliphatic carboxylic acids is 1. The van der Waals surface area contributed by atoms with Crippen molar-refractivity contribution in [3.63, 3.8) is 0 Å². The van der Waals surface area contributed by atoms with Crippen molar-refractivity contribution >= 4 is 29.1 Å². The van der Waals surface area contributed by atoms with Gasteiger partial charge in [0.15, 0.2) is 0 Å². The SMILES string of the molecule is CN(Cc1sccc1/C=C/C(=O)O)c1ccccc1C#N. The van der Waals surface area contributed by atoms with Crippen molar-refractivity contribution in [2.45, 2.75) is 6.54 Å². The van der Waals surface area contributed by atoms with Crippen LogP contribution in [0.4, 0.5) is 5.69 Å². The molecule has 0 saturated heterocycles. The zero-order valence-electron chi connectivity index (χ0n) is 11.5. The van der Waals surface area contributed by atoms with Crippen molar-refractivity contribution in [2.24, 2.45) is 0 Å². The normalized spacial score (nSPS) is 10.5. The molecule has 106 valence electrons. The Morgan fingerprint density at radius 3 is 2.90 bits per heavy atom. The van der Waals surface area contributed by atoms with Crippen LogP contribution >= 0.6 is 11.3 Å². The molecule has 1 aromatic carbocycles. The number of carboxylic acids is 1. The summed E-state index contributed by atoms with van der Waals surface area (Å²) in [5.41, 5.74) is 2.38. The maximum absolute atomic E-state index is 10.6. The first kappa shape index (κ1) is 14.8. The van der Waals surface area contributed by atoms with Crippen molar-refractivity contribution in [1.82, 2.24) is 0 Å². The minimum atomic E-state index is -0.963. The summed E-state index contributed by atoms with van der Waals surface area (Å²) in [5.74, 6) is -0.963. The van der Waals surface area contributed by atoms with Gasteiger partial charge in [0.1, 0.15) is 6.07 Å². The maximum Gasteiger partial charge on any atom is 0.328 e. The van der Waals surface area contributed by atoms with Gasteiger partial charge in [0.2, 0.25) is 0 Å². The number of carbonyl (C=O) groups is 1. The highest BCUT2D eigenvalue weighted by atomic mass is 32.1. The lowest BCUT2D eigenvalue weighted by Crippen LogP contribution is -2.17. The van der Waals surface area contributed by atoms with E-state index in [1.165, 1.54) is 0 Å².